The third-order valence-electron chi connectivity index (χ3n) is 6.28. The first-order valence-corrected chi connectivity index (χ1v) is 11.8. The predicted molar refractivity (Wildman–Crippen MR) is 137 cm³/mol. The molecule has 0 saturated carbocycles. The maximum absolute atomic E-state index is 10.9. The minimum Gasteiger partial charge on any atom is -0.508 e. The van der Waals surface area contributed by atoms with Crippen molar-refractivity contribution in [3.63, 3.8) is 0 Å². The second-order valence-corrected chi connectivity index (χ2v) is 8.65. The van der Waals surface area contributed by atoms with Crippen LogP contribution in [0.1, 0.15) is 29.5 Å². The molecule has 0 atom stereocenters. The molecule has 0 aliphatic carbocycles. The second kappa shape index (κ2) is 11.1. The van der Waals surface area contributed by atoms with Crippen molar-refractivity contribution in [1.29, 1.82) is 0 Å². The Labute approximate surface area is 204 Å². The highest BCUT2D eigenvalue weighted by Crippen LogP contribution is 2.25. The number of carboxylic acids is 1. The summed E-state index contributed by atoms with van der Waals surface area (Å²) in [6.45, 7) is 6.45. The predicted octanol–water partition coefficient (Wildman–Crippen LogP) is 4.60. The minimum atomic E-state index is -0.914. The van der Waals surface area contributed by atoms with Crippen LogP contribution < -0.4 is 10.7 Å². The van der Waals surface area contributed by atoms with E-state index < -0.39 is 5.97 Å². The van der Waals surface area contributed by atoms with Crippen LogP contribution in [0.3, 0.4) is 0 Å². The van der Waals surface area contributed by atoms with Crippen LogP contribution in [0.4, 0.5) is 0 Å². The third kappa shape index (κ3) is 5.46. The van der Waals surface area contributed by atoms with Gasteiger partial charge in [0.2, 0.25) is 0 Å². The largest absolute Gasteiger partial charge is 0.508 e. The topological polar surface area (TPSA) is 96.1 Å². The highest BCUT2D eigenvalue weighted by molar-refractivity contribution is 5.95. The van der Waals surface area contributed by atoms with Crippen LogP contribution in [0, 0.1) is 13.8 Å². The molecule has 182 valence electrons. The molecule has 0 saturated heterocycles. The Morgan fingerprint density at radius 3 is 2.60 bits per heavy atom. The van der Waals surface area contributed by atoms with Crippen molar-refractivity contribution in [3.05, 3.63) is 82.7 Å². The number of nitrogens with one attached hydrogen (secondary N) is 1. The van der Waals surface area contributed by atoms with Gasteiger partial charge in [0.15, 0.2) is 0 Å². The number of aliphatic carboxylic acids is 1. The number of rotatable bonds is 10. The van der Waals surface area contributed by atoms with E-state index in [-0.39, 0.29) is 13.0 Å². The summed E-state index contributed by atoms with van der Waals surface area (Å²) < 4.78 is 2.34. The van der Waals surface area contributed by atoms with Gasteiger partial charge in [-0.1, -0.05) is 53.7 Å². The molecule has 4 rings (SSSR count). The first-order valence-electron chi connectivity index (χ1n) is 11.8. The smallest absolute Gasteiger partial charge is 0.306 e. The van der Waals surface area contributed by atoms with Crippen LogP contribution in [0.5, 0.6) is 5.75 Å². The zero-order valence-corrected chi connectivity index (χ0v) is 20.1. The summed E-state index contributed by atoms with van der Waals surface area (Å²) in [5.41, 5.74) is 5.41. The number of hydrogen-bond donors (Lipinski definition) is 3. The lowest BCUT2D eigenvalue weighted by atomic mass is 10.0. The quantitative estimate of drug-likeness (QED) is 0.178. The number of nitrogens with zero attached hydrogens (tertiary/aromatic N) is 2. The molecule has 0 bridgehead atoms. The molecule has 0 amide bonds. The number of phenolic OH excluding ortho intramolecular Hbond substituents is 1. The molecule has 7 heteroatoms. The number of carbonyl (C=O) groups is 1. The number of phenols is 1. The molecule has 1 aromatic heterocycles. The van der Waals surface area contributed by atoms with Crippen molar-refractivity contribution >= 4 is 27.8 Å². The van der Waals surface area contributed by atoms with Gasteiger partial charge in [-0.2, -0.15) is 0 Å². The SMILES string of the molecule is Cc1ccc2c(=NOCCC(=O)O)c3ccccc3n(CCCNCc3ccccc3O)c2c1C. The molecule has 35 heavy (non-hydrogen) atoms. The van der Waals surface area contributed by atoms with E-state index in [0.717, 1.165) is 52.2 Å². The average molecular weight is 474 g/mol. The fourth-order valence-corrected chi connectivity index (χ4v) is 4.33. The number of para-hydroxylation sites is 2. The third-order valence-corrected chi connectivity index (χ3v) is 6.28. The molecule has 0 spiro atoms. The van der Waals surface area contributed by atoms with E-state index in [1.54, 1.807) is 6.07 Å². The van der Waals surface area contributed by atoms with E-state index >= 15 is 0 Å². The Morgan fingerprint density at radius 2 is 1.80 bits per heavy atom. The summed E-state index contributed by atoms with van der Waals surface area (Å²) in [6, 6.07) is 19.6. The van der Waals surface area contributed by atoms with Crippen molar-refractivity contribution < 1.29 is 19.8 Å². The van der Waals surface area contributed by atoms with E-state index in [9.17, 15) is 9.90 Å². The average Bonchev–Trinajstić information content (AvgIpc) is 2.85. The number of aromatic nitrogens is 1. The van der Waals surface area contributed by atoms with Gasteiger partial charge in [0, 0.05) is 29.4 Å². The van der Waals surface area contributed by atoms with Crippen LogP contribution in [0.2, 0.25) is 0 Å². The molecule has 0 radical (unpaired) electrons. The Bertz CT molecular complexity index is 1430. The molecule has 3 aromatic carbocycles. The summed E-state index contributed by atoms with van der Waals surface area (Å²) in [5.74, 6) is -0.606. The van der Waals surface area contributed by atoms with Crippen molar-refractivity contribution in [2.75, 3.05) is 13.2 Å². The van der Waals surface area contributed by atoms with Gasteiger partial charge in [-0.25, -0.2) is 0 Å². The fourth-order valence-electron chi connectivity index (χ4n) is 4.33. The van der Waals surface area contributed by atoms with Crippen molar-refractivity contribution in [3.8, 4) is 5.75 Å². The number of aromatic hydroxyl groups is 1. The lowest BCUT2D eigenvalue weighted by molar-refractivity contribution is -0.138. The standard InChI is InChI=1S/C28H31N3O4/c1-19-12-13-23-27(30-35-17-14-26(33)34)22-9-4-5-10-24(22)31(28(23)20(19)2)16-7-15-29-18-21-8-3-6-11-25(21)32/h3-6,8-13,29,32H,7,14-18H2,1-2H3,(H,33,34). The number of fused-ring (bicyclic) bond motifs is 2. The highest BCUT2D eigenvalue weighted by Gasteiger charge is 2.13. The molecule has 3 N–H and O–H groups in total. The molecular formula is C28H31N3O4. The zero-order chi connectivity index (χ0) is 24.8. The minimum absolute atomic E-state index is 0.0214. The Hall–Kier alpha value is -3.84. The van der Waals surface area contributed by atoms with Gasteiger partial charge in [0.05, 0.1) is 17.5 Å². The van der Waals surface area contributed by atoms with Crippen LogP contribution in [0.15, 0.2) is 65.8 Å². The van der Waals surface area contributed by atoms with Gasteiger partial charge in [0.25, 0.3) is 0 Å². The van der Waals surface area contributed by atoms with E-state index in [1.165, 1.54) is 11.1 Å². The number of benzene rings is 3. The van der Waals surface area contributed by atoms with Crippen molar-refractivity contribution in [2.24, 2.45) is 5.16 Å². The molecule has 0 aliphatic heterocycles. The fraction of sp³-hybridized carbons (Fsp3) is 0.286. The van der Waals surface area contributed by atoms with E-state index in [4.69, 9.17) is 9.94 Å². The number of pyridine rings is 1. The zero-order valence-electron chi connectivity index (χ0n) is 20.1. The van der Waals surface area contributed by atoms with Crippen molar-refractivity contribution in [2.45, 2.75) is 39.8 Å². The summed E-state index contributed by atoms with van der Waals surface area (Å²) in [5, 5.41) is 29.4. The first kappa shape index (κ1) is 24.3. The van der Waals surface area contributed by atoms with Crippen LogP contribution in [0.25, 0.3) is 21.8 Å². The maximum Gasteiger partial charge on any atom is 0.306 e. The van der Waals surface area contributed by atoms with Crippen LogP contribution in [-0.4, -0.2) is 33.9 Å². The summed E-state index contributed by atoms with van der Waals surface area (Å²) in [4.78, 5) is 16.3. The molecule has 0 aliphatic rings. The van der Waals surface area contributed by atoms with Gasteiger partial charge in [-0.3, -0.25) is 4.79 Å². The number of hydrogen-bond acceptors (Lipinski definition) is 5. The Balaban J connectivity index is 1.66. The molecule has 0 fully saturated rings. The Kier molecular flexibility index (Phi) is 7.67. The van der Waals surface area contributed by atoms with Gasteiger partial charge >= 0.3 is 5.97 Å². The first-order chi connectivity index (χ1) is 17.0. The Morgan fingerprint density at radius 1 is 1.03 bits per heavy atom. The van der Waals surface area contributed by atoms with E-state index in [0.29, 0.717) is 12.3 Å². The maximum atomic E-state index is 10.9. The monoisotopic (exact) mass is 473 g/mol. The highest BCUT2D eigenvalue weighted by atomic mass is 16.6. The summed E-state index contributed by atoms with van der Waals surface area (Å²) in [7, 11) is 0. The van der Waals surface area contributed by atoms with Gasteiger partial charge in [-0.15, -0.1) is 0 Å². The van der Waals surface area contributed by atoms with Gasteiger partial charge < -0.3 is 24.9 Å². The normalized spacial score (nSPS) is 11.9. The summed E-state index contributed by atoms with van der Waals surface area (Å²) in [6.07, 6.45) is 0.800. The molecule has 4 aromatic rings. The lowest BCUT2D eigenvalue weighted by Gasteiger charge is -2.19. The van der Waals surface area contributed by atoms with Gasteiger partial charge in [-0.05, 0) is 50.1 Å². The van der Waals surface area contributed by atoms with Crippen molar-refractivity contribution in [1.82, 2.24) is 9.88 Å². The molecule has 0 unspecified atom stereocenters. The number of carboxylic acid groups (broad SMARTS) is 1. The summed E-state index contributed by atoms with van der Waals surface area (Å²) >= 11 is 0. The lowest BCUT2D eigenvalue weighted by Crippen LogP contribution is -2.19. The van der Waals surface area contributed by atoms with E-state index in [2.05, 4.69) is 47.1 Å². The molecule has 1 heterocycles. The van der Waals surface area contributed by atoms with Crippen LogP contribution >= 0.6 is 0 Å². The number of aryl methyl sites for hydroxylation is 3. The van der Waals surface area contributed by atoms with E-state index in [1.807, 2.05) is 36.4 Å². The molecule has 7 nitrogen and oxygen atoms in total. The molecular weight excluding hydrogens is 442 g/mol. The van der Waals surface area contributed by atoms with Crippen LogP contribution in [-0.2, 0) is 22.7 Å². The second-order valence-electron chi connectivity index (χ2n) is 8.65. The van der Waals surface area contributed by atoms with Gasteiger partial charge in [0.1, 0.15) is 17.7 Å².